The lowest BCUT2D eigenvalue weighted by Gasteiger charge is -2.04. The van der Waals surface area contributed by atoms with Crippen molar-refractivity contribution in [2.75, 3.05) is 19.8 Å². The van der Waals surface area contributed by atoms with E-state index in [1.165, 1.54) is 25.7 Å². The Hall–Kier alpha value is -0.900. The third kappa shape index (κ3) is 13.3. The van der Waals surface area contributed by atoms with Crippen LogP contribution in [0.15, 0.2) is 0 Å². The molecule has 0 aromatic rings. The minimum absolute atomic E-state index is 0.0287. The van der Waals surface area contributed by atoms with E-state index < -0.39 is 0 Å². The van der Waals surface area contributed by atoms with E-state index in [9.17, 15) is 9.59 Å². The molecule has 0 aromatic heterocycles. The first-order chi connectivity index (χ1) is 9.20. The lowest BCUT2D eigenvalue weighted by atomic mass is 10.1. The Morgan fingerprint density at radius 3 is 2.26 bits per heavy atom. The summed E-state index contributed by atoms with van der Waals surface area (Å²) in [7, 11) is 0. The van der Waals surface area contributed by atoms with E-state index in [0.717, 1.165) is 12.8 Å². The van der Waals surface area contributed by atoms with E-state index in [1.807, 2.05) is 0 Å². The Labute approximate surface area is 116 Å². The Kier molecular flexibility index (Phi) is 12.9. The molecule has 0 aromatic carbocycles. The molecule has 0 aliphatic carbocycles. The highest BCUT2D eigenvalue weighted by Crippen LogP contribution is 2.05. The molecule has 0 atom stereocenters. The van der Waals surface area contributed by atoms with Crippen molar-refractivity contribution < 1.29 is 19.1 Å². The molecule has 0 N–H and O–H groups in total. The summed E-state index contributed by atoms with van der Waals surface area (Å²) in [6.07, 6.45) is 7.63. The normalized spacial score (nSPS) is 10.4. The predicted molar refractivity (Wildman–Crippen MR) is 75.1 cm³/mol. The van der Waals surface area contributed by atoms with Gasteiger partial charge in [-0.15, -0.1) is 0 Å². The van der Waals surface area contributed by atoms with Crippen LogP contribution in [0.2, 0.25) is 0 Å². The third-order valence-electron chi connectivity index (χ3n) is 2.82. The maximum atomic E-state index is 11.4. The summed E-state index contributed by atoms with van der Waals surface area (Å²) >= 11 is 0. The lowest BCUT2D eigenvalue weighted by molar-refractivity contribution is -0.144. The fourth-order valence-electron chi connectivity index (χ4n) is 1.72. The Morgan fingerprint density at radius 1 is 0.895 bits per heavy atom. The smallest absolute Gasteiger partial charge is 0.306 e. The van der Waals surface area contributed by atoms with Crippen LogP contribution in [-0.4, -0.2) is 31.6 Å². The fourth-order valence-corrected chi connectivity index (χ4v) is 1.72. The maximum Gasteiger partial charge on any atom is 0.306 e. The van der Waals surface area contributed by atoms with Crippen LogP contribution in [-0.2, 0) is 19.1 Å². The van der Waals surface area contributed by atoms with Crippen LogP contribution in [0.1, 0.15) is 65.2 Å². The number of esters is 1. The van der Waals surface area contributed by atoms with Crippen molar-refractivity contribution in [1.82, 2.24) is 0 Å². The summed E-state index contributed by atoms with van der Waals surface area (Å²) in [6, 6.07) is 0. The van der Waals surface area contributed by atoms with Crippen LogP contribution in [0.5, 0.6) is 0 Å². The van der Waals surface area contributed by atoms with Crippen LogP contribution < -0.4 is 0 Å². The highest BCUT2D eigenvalue weighted by Gasteiger charge is 2.07. The molecule has 0 spiro atoms. The Balaban J connectivity index is 3.27. The van der Waals surface area contributed by atoms with Gasteiger partial charge in [-0.05, 0) is 13.3 Å². The molecule has 0 bridgehead atoms. The average Bonchev–Trinajstić information content (AvgIpc) is 2.40. The molecule has 0 saturated heterocycles. The number of carbonyl (C=O) groups excluding carboxylic acids is 2. The van der Waals surface area contributed by atoms with Crippen molar-refractivity contribution in [2.24, 2.45) is 0 Å². The molecule has 0 aliphatic heterocycles. The minimum Gasteiger partial charge on any atom is -0.466 e. The van der Waals surface area contributed by atoms with Gasteiger partial charge in [-0.2, -0.15) is 0 Å². The zero-order valence-electron chi connectivity index (χ0n) is 12.4. The summed E-state index contributed by atoms with van der Waals surface area (Å²) in [6.45, 7) is 5.07. The van der Waals surface area contributed by atoms with Gasteiger partial charge in [-0.25, -0.2) is 0 Å². The first-order valence-corrected chi connectivity index (χ1v) is 7.45. The van der Waals surface area contributed by atoms with Crippen molar-refractivity contribution in [1.29, 1.82) is 0 Å². The lowest BCUT2D eigenvalue weighted by Crippen LogP contribution is -2.12. The number of unbranched alkanes of at least 4 members (excludes halogenated alkanes) is 5. The van der Waals surface area contributed by atoms with Crippen LogP contribution in [0.3, 0.4) is 0 Å². The van der Waals surface area contributed by atoms with Gasteiger partial charge in [0.2, 0.25) is 0 Å². The average molecular weight is 272 g/mol. The summed E-state index contributed by atoms with van der Waals surface area (Å²) < 4.78 is 10.0. The quantitative estimate of drug-likeness (QED) is 0.381. The van der Waals surface area contributed by atoms with Crippen molar-refractivity contribution in [3.05, 3.63) is 0 Å². The number of ether oxygens (including phenoxy) is 2. The molecular formula is C15H28O4. The summed E-state index contributed by atoms with van der Waals surface area (Å²) in [5, 5.41) is 0. The number of hydrogen-bond acceptors (Lipinski definition) is 4. The zero-order chi connectivity index (χ0) is 14.3. The van der Waals surface area contributed by atoms with Crippen LogP contribution in [0, 0.1) is 0 Å². The van der Waals surface area contributed by atoms with Crippen molar-refractivity contribution in [3.8, 4) is 0 Å². The van der Waals surface area contributed by atoms with E-state index in [2.05, 4.69) is 6.92 Å². The van der Waals surface area contributed by atoms with Gasteiger partial charge in [0.25, 0.3) is 0 Å². The molecule has 112 valence electrons. The van der Waals surface area contributed by atoms with E-state index in [1.54, 1.807) is 6.92 Å². The first kappa shape index (κ1) is 18.1. The molecule has 4 heteroatoms. The second-order valence-electron chi connectivity index (χ2n) is 4.66. The van der Waals surface area contributed by atoms with Gasteiger partial charge in [0.15, 0.2) is 5.78 Å². The number of ketones is 1. The summed E-state index contributed by atoms with van der Waals surface area (Å²) in [5.41, 5.74) is 0. The van der Waals surface area contributed by atoms with Gasteiger partial charge in [0.05, 0.1) is 13.0 Å². The summed E-state index contributed by atoms with van der Waals surface area (Å²) in [5.74, 6) is -0.342. The van der Waals surface area contributed by atoms with E-state index in [4.69, 9.17) is 9.47 Å². The van der Waals surface area contributed by atoms with Gasteiger partial charge in [0, 0.05) is 13.0 Å². The van der Waals surface area contributed by atoms with Crippen LogP contribution >= 0.6 is 0 Å². The van der Waals surface area contributed by atoms with Crippen LogP contribution in [0.4, 0.5) is 0 Å². The Bertz CT molecular complexity index is 238. The van der Waals surface area contributed by atoms with Crippen LogP contribution in [0.25, 0.3) is 0 Å². The molecule has 0 aliphatic rings. The first-order valence-electron chi connectivity index (χ1n) is 7.45. The molecule has 0 rings (SSSR count). The minimum atomic E-state index is -0.313. The SMILES string of the molecule is CCCCCCCCOCC(=O)CCC(=O)OCC. The topological polar surface area (TPSA) is 52.6 Å². The van der Waals surface area contributed by atoms with Gasteiger partial charge in [-0.1, -0.05) is 39.0 Å². The Morgan fingerprint density at radius 2 is 1.58 bits per heavy atom. The molecule has 19 heavy (non-hydrogen) atoms. The highest BCUT2D eigenvalue weighted by atomic mass is 16.5. The number of carbonyl (C=O) groups is 2. The standard InChI is InChI=1S/C15H28O4/c1-3-5-6-7-8-9-12-18-13-14(16)10-11-15(17)19-4-2/h3-13H2,1-2H3. The number of rotatable bonds is 13. The molecule has 0 fully saturated rings. The van der Waals surface area contributed by atoms with E-state index in [-0.39, 0.29) is 31.2 Å². The molecule has 0 radical (unpaired) electrons. The third-order valence-corrected chi connectivity index (χ3v) is 2.82. The van der Waals surface area contributed by atoms with Crippen molar-refractivity contribution in [3.63, 3.8) is 0 Å². The van der Waals surface area contributed by atoms with Gasteiger partial charge in [0.1, 0.15) is 6.61 Å². The summed E-state index contributed by atoms with van der Waals surface area (Å²) in [4.78, 5) is 22.4. The molecule has 0 unspecified atom stereocenters. The van der Waals surface area contributed by atoms with Gasteiger partial charge < -0.3 is 9.47 Å². The maximum absolute atomic E-state index is 11.4. The molecule has 0 saturated carbocycles. The van der Waals surface area contributed by atoms with Crippen molar-refractivity contribution >= 4 is 11.8 Å². The fraction of sp³-hybridized carbons (Fsp3) is 0.867. The number of Topliss-reactive ketones (excluding diaryl/α,β-unsaturated/α-hetero) is 1. The second-order valence-corrected chi connectivity index (χ2v) is 4.66. The van der Waals surface area contributed by atoms with Gasteiger partial charge >= 0.3 is 5.97 Å². The monoisotopic (exact) mass is 272 g/mol. The zero-order valence-corrected chi connectivity index (χ0v) is 12.4. The largest absolute Gasteiger partial charge is 0.466 e. The second kappa shape index (κ2) is 13.5. The molecule has 0 heterocycles. The van der Waals surface area contributed by atoms with E-state index in [0.29, 0.717) is 13.2 Å². The molecule has 4 nitrogen and oxygen atoms in total. The molecular weight excluding hydrogens is 244 g/mol. The molecule has 0 amide bonds. The predicted octanol–water partition coefficient (Wildman–Crippen LogP) is 3.28. The van der Waals surface area contributed by atoms with Gasteiger partial charge in [-0.3, -0.25) is 9.59 Å². The van der Waals surface area contributed by atoms with Crippen molar-refractivity contribution in [2.45, 2.75) is 65.2 Å². The number of hydrogen-bond donors (Lipinski definition) is 0. The highest BCUT2D eigenvalue weighted by molar-refractivity contribution is 5.83. The van der Waals surface area contributed by atoms with E-state index >= 15 is 0 Å².